The molecule has 3 N–H and O–H groups in total. The normalized spacial score (nSPS) is 49.3. The minimum atomic E-state index is 0.100. The topological polar surface area (TPSA) is 55.1 Å². The molecule has 0 aromatic rings. The fourth-order valence-electron chi connectivity index (χ4n) is 4.79. The van der Waals surface area contributed by atoms with Gasteiger partial charge in [0.25, 0.3) is 0 Å². The molecule has 0 heterocycles. The SMILES string of the molecule is CC1CCCC(NC(=O)C2C3CCC(C3)C2N)C1C. The van der Waals surface area contributed by atoms with Crippen LogP contribution in [0.4, 0.5) is 0 Å². The van der Waals surface area contributed by atoms with Gasteiger partial charge in [0.15, 0.2) is 0 Å². The predicted octanol–water partition coefficient (Wildman–Crippen LogP) is 2.30. The highest BCUT2D eigenvalue weighted by Gasteiger charge is 2.49. The summed E-state index contributed by atoms with van der Waals surface area (Å²) < 4.78 is 0. The van der Waals surface area contributed by atoms with Gasteiger partial charge >= 0.3 is 0 Å². The molecule has 0 aromatic heterocycles. The molecule has 3 aliphatic carbocycles. The van der Waals surface area contributed by atoms with Gasteiger partial charge in [0.1, 0.15) is 0 Å². The first kappa shape index (κ1) is 13.4. The molecule has 3 aliphatic rings. The summed E-state index contributed by atoms with van der Waals surface area (Å²) in [4.78, 5) is 12.6. The minimum absolute atomic E-state index is 0.100. The molecule has 0 aromatic carbocycles. The summed E-state index contributed by atoms with van der Waals surface area (Å²) in [5.41, 5.74) is 6.27. The Balaban J connectivity index is 1.62. The standard InChI is InChI=1S/C16H28N2O/c1-9-4-3-5-13(10(9)2)18-16(19)14-11-6-7-12(8-11)15(14)17/h9-15H,3-8,17H2,1-2H3,(H,18,19). The van der Waals surface area contributed by atoms with Crippen molar-refractivity contribution >= 4 is 5.91 Å². The summed E-state index contributed by atoms with van der Waals surface area (Å²) in [6.45, 7) is 4.60. The quantitative estimate of drug-likeness (QED) is 0.804. The highest BCUT2D eigenvalue weighted by atomic mass is 16.2. The van der Waals surface area contributed by atoms with E-state index in [9.17, 15) is 4.79 Å². The number of carbonyl (C=O) groups is 1. The van der Waals surface area contributed by atoms with Gasteiger partial charge in [-0.1, -0.05) is 26.7 Å². The number of nitrogens with one attached hydrogen (secondary N) is 1. The summed E-state index contributed by atoms with van der Waals surface area (Å²) in [6, 6.07) is 0.498. The third-order valence-electron chi connectivity index (χ3n) is 6.32. The second-order valence-corrected chi connectivity index (χ2v) is 7.32. The smallest absolute Gasteiger partial charge is 0.225 e. The van der Waals surface area contributed by atoms with E-state index in [4.69, 9.17) is 5.73 Å². The summed E-state index contributed by atoms with van der Waals surface area (Å²) in [5, 5.41) is 3.34. The molecule has 0 aliphatic heterocycles. The van der Waals surface area contributed by atoms with Crippen molar-refractivity contribution in [3.63, 3.8) is 0 Å². The second-order valence-electron chi connectivity index (χ2n) is 7.32. The average molecular weight is 264 g/mol. The van der Waals surface area contributed by atoms with E-state index in [0.29, 0.717) is 23.8 Å². The lowest BCUT2D eigenvalue weighted by atomic mass is 9.77. The Labute approximate surface area is 116 Å². The Hall–Kier alpha value is -0.570. The summed E-state index contributed by atoms with van der Waals surface area (Å²) in [6.07, 6.45) is 7.35. The van der Waals surface area contributed by atoms with Crippen LogP contribution in [-0.4, -0.2) is 18.0 Å². The molecular formula is C16H28N2O. The van der Waals surface area contributed by atoms with Gasteiger partial charge in [-0.2, -0.15) is 0 Å². The lowest BCUT2D eigenvalue weighted by molar-refractivity contribution is -0.128. The Morgan fingerprint density at radius 2 is 1.84 bits per heavy atom. The largest absolute Gasteiger partial charge is 0.353 e. The second kappa shape index (κ2) is 5.08. The first-order chi connectivity index (χ1) is 9.08. The van der Waals surface area contributed by atoms with Crippen LogP contribution in [0.15, 0.2) is 0 Å². The van der Waals surface area contributed by atoms with Crippen molar-refractivity contribution in [1.29, 1.82) is 0 Å². The molecule has 3 saturated carbocycles. The van der Waals surface area contributed by atoms with Crippen molar-refractivity contribution in [3.05, 3.63) is 0 Å². The van der Waals surface area contributed by atoms with Crippen LogP contribution in [0.25, 0.3) is 0 Å². The lowest BCUT2D eigenvalue weighted by Crippen LogP contribution is -2.51. The van der Waals surface area contributed by atoms with Gasteiger partial charge < -0.3 is 11.1 Å². The molecule has 108 valence electrons. The summed E-state index contributed by atoms with van der Waals surface area (Å²) in [7, 11) is 0. The van der Waals surface area contributed by atoms with Crippen LogP contribution in [0, 0.1) is 29.6 Å². The van der Waals surface area contributed by atoms with Gasteiger partial charge in [0, 0.05) is 12.1 Å². The zero-order chi connectivity index (χ0) is 13.6. The van der Waals surface area contributed by atoms with Crippen molar-refractivity contribution in [2.75, 3.05) is 0 Å². The number of amides is 1. The monoisotopic (exact) mass is 264 g/mol. The fraction of sp³-hybridized carbons (Fsp3) is 0.938. The van der Waals surface area contributed by atoms with Crippen molar-refractivity contribution in [1.82, 2.24) is 5.32 Å². The number of rotatable bonds is 2. The molecule has 3 fully saturated rings. The molecule has 7 unspecified atom stereocenters. The average Bonchev–Trinajstić information content (AvgIpc) is 2.95. The van der Waals surface area contributed by atoms with Gasteiger partial charge in [-0.3, -0.25) is 4.79 Å². The van der Waals surface area contributed by atoms with Crippen LogP contribution in [0.2, 0.25) is 0 Å². The van der Waals surface area contributed by atoms with Gasteiger partial charge in [-0.15, -0.1) is 0 Å². The van der Waals surface area contributed by atoms with Crippen molar-refractivity contribution in [2.45, 2.75) is 64.5 Å². The van der Waals surface area contributed by atoms with Crippen molar-refractivity contribution < 1.29 is 4.79 Å². The van der Waals surface area contributed by atoms with Crippen LogP contribution >= 0.6 is 0 Å². The Kier molecular flexibility index (Phi) is 3.59. The number of fused-ring (bicyclic) bond motifs is 2. The molecule has 2 bridgehead atoms. The molecule has 19 heavy (non-hydrogen) atoms. The van der Waals surface area contributed by atoms with E-state index in [1.165, 1.54) is 32.1 Å². The van der Waals surface area contributed by atoms with Crippen LogP contribution in [0.3, 0.4) is 0 Å². The number of carbonyl (C=O) groups excluding carboxylic acids is 1. The molecular weight excluding hydrogens is 236 g/mol. The van der Waals surface area contributed by atoms with E-state index in [1.54, 1.807) is 0 Å². The van der Waals surface area contributed by atoms with Crippen molar-refractivity contribution in [2.24, 2.45) is 35.3 Å². The van der Waals surface area contributed by atoms with Crippen LogP contribution in [0.5, 0.6) is 0 Å². The van der Waals surface area contributed by atoms with Crippen LogP contribution in [-0.2, 0) is 4.79 Å². The maximum atomic E-state index is 12.6. The molecule has 3 nitrogen and oxygen atoms in total. The van der Waals surface area contributed by atoms with Crippen LogP contribution < -0.4 is 11.1 Å². The van der Waals surface area contributed by atoms with Gasteiger partial charge in [0.2, 0.25) is 5.91 Å². The zero-order valence-corrected chi connectivity index (χ0v) is 12.3. The van der Waals surface area contributed by atoms with E-state index >= 15 is 0 Å². The molecule has 3 rings (SSSR count). The highest BCUT2D eigenvalue weighted by molar-refractivity contribution is 5.80. The van der Waals surface area contributed by atoms with E-state index in [1.807, 2.05) is 0 Å². The third kappa shape index (κ3) is 2.31. The van der Waals surface area contributed by atoms with E-state index in [-0.39, 0.29) is 17.9 Å². The maximum Gasteiger partial charge on any atom is 0.225 e. The van der Waals surface area contributed by atoms with Crippen molar-refractivity contribution in [3.8, 4) is 0 Å². The zero-order valence-electron chi connectivity index (χ0n) is 12.3. The van der Waals surface area contributed by atoms with E-state index < -0.39 is 0 Å². The number of hydrogen-bond donors (Lipinski definition) is 2. The molecule has 0 spiro atoms. The Bertz CT molecular complexity index is 355. The first-order valence-electron chi connectivity index (χ1n) is 8.14. The van der Waals surface area contributed by atoms with Gasteiger partial charge in [-0.25, -0.2) is 0 Å². The predicted molar refractivity (Wildman–Crippen MR) is 76.4 cm³/mol. The number of hydrogen-bond acceptors (Lipinski definition) is 2. The van der Waals surface area contributed by atoms with Gasteiger partial charge in [-0.05, 0) is 49.4 Å². The van der Waals surface area contributed by atoms with Gasteiger partial charge in [0.05, 0.1) is 5.92 Å². The maximum absolute atomic E-state index is 12.6. The van der Waals surface area contributed by atoms with E-state index in [2.05, 4.69) is 19.2 Å². The molecule has 3 heteroatoms. The number of nitrogens with two attached hydrogens (primary N) is 1. The first-order valence-corrected chi connectivity index (χ1v) is 8.14. The minimum Gasteiger partial charge on any atom is -0.353 e. The molecule has 0 radical (unpaired) electrons. The molecule has 1 amide bonds. The molecule has 7 atom stereocenters. The third-order valence-corrected chi connectivity index (χ3v) is 6.32. The summed E-state index contributed by atoms with van der Waals surface area (Å²) >= 11 is 0. The highest BCUT2D eigenvalue weighted by Crippen LogP contribution is 2.47. The molecule has 0 saturated heterocycles. The summed E-state index contributed by atoms with van der Waals surface area (Å²) in [5.74, 6) is 2.87. The van der Waals surface area contributed by atoms with Crippen LogP contribution in [0.1, 0.15) is 52.4 Å². The Morgan fingerprint density at radius 1 is 1.11 bits per heavy atom. The Morgan fingerprint density at radius 3 is 2.53 bits per heavy atom. The fourth-order valence-corrected chi connectivity index (χ4v) is 4.79. The van der Waals surface area contributed by atoms with E-state index in [0.717, 1.165) is 12.3 Å². The lowest BCUT2D eigenvalue weighted by Gasteiger charge is -2.36.